The Morgan fingerprint density at radius 3 is 2.43 bits per heavy atom. The molecule has 6 nitrogen and oxygen atoms in total. The number of para-hydroxylation sites is 2. The van der Waals surface area contributed by atoms with Crippen LogP contribution in [0.1, 0.15) is 11.1 Å². The Kier molecular flexibility index (Phi) is 5.74. The number of pyridine rings is 1. The largest absolute Gasteiger partial charge is 0.494 e. The van der Waals surface area contributed by atoms with Crippen LogP contribution in [0.25, 0.3) is 10.9 Å². The lowest BCUT2D eigenvalue weighted by molar-refractivity contribution is -0.133. The zero-order valence-corrected chi connectivity index (χ0v) is 17.7. The van der Waals surface area contributed by atoms with Gasteiger partial charge >= 0.3 is 0 Å². The highest BCUT2D eigenvalue weighted by atomic mass is 16.5. The molecule has 0 bridgehead atoms. The van der Waals surface area contributed by atoms with Crippen LogP contribution in [0, 0.1) is 13.8 Å². The molecule has 3 aromatic rings. The fraction of sp³-hybridized carbons (Fsp3) is 0.333. The normalized spacial score (nSPS) is 14.1. The predicted octanol–water partition coefficient (Wildman–Crippen LogP) is 3.59. The summed E-state index contributed by atoms with van der Waals surface area (Å²) in [6, 6.07) is 15.8. The Balaban J connectivity index is 1.41. The van der Waals surface area contributed by atoms with Crippen molar-refractivity contribution >= 4 is 22.6 Å². The smallest absolute Gasteiger partial charge is 0.260 e. The first-order valence-electron chi connectivity index (χ1n) is 10.2. The maximum Gasteiger partial charge on any atom is 0.260 e. The molecule has 6 heteroatoms. The molecule has 1 fully saturated rings. The average molecular weight is 405 g/mol. The van der Waals surface area contributed by atoms with E-state index in [1.54, 1.807) is 7.11 Å². The highest BCUT2D eigenvalue weighted by molar-refractivity contribution is 5.89. The number of hydrogen-bond acceptors (Lipinski definition) is 5. The SMILES string of the molecule is COc1cccc2c(C)cc(N3CCN(C(=O)COc4ccccc4C)CC3)nc12. The minimum Gasteiger partial charge on any atom is -0.494 e. The molecular weight excluding hydrogens is 378 g/mol. The van der Waals surface area contributed by atoms with Gasteiger partial charge in [0.25, 0.3) is 5.91 Å². The summed E-state index contributed by atoms with van der Waals surface area (Å²) in [6.45, 7) is 6.92. The second-order valence-corrected chi connectivity index (χ2v) is 7.58. The lowest BCUT2D eigenvalue weighted by Gasteiger charge is -2.35. The Labute approximate surface area is 177 Å². The summed E-state index contributed by atoms with van der Waals surface area (Å²) in [5, 5.41) is 1.10. The molecule has 156 valence electrons. The molecule has 0 N–H and O–H groups in total. The maximum atomic E-state index is 12.6. The van der Waals surface area contributed by atoms with E-state index in [-0.39, 0.29) is 12.5 Å². The molecule has 0 unspecified atom stereocenters. The first-order valence-corrected chi connectivity index (χ1v) is 10.2. The van der Waals surface area contributed by atoms with Gasteiger partial charge in [-0.25, -0.2) is 4.98 Å². The second kappa shape index (κ2) is 8.61. The molecule has 4 rings (SSSR count). The van der Waals surface area contributed by atoms with Gasteiger partial charge in [-0.1, -0.05) is 30.3 Å². The summed E-state index contributed by atoms with van der Waals surface area (Å²) < 4.78 is 11.2. The van der Waals surface area contributed by atoms with Gasteiger partial charge in [0.2, 0.25) is 0 Å². The van der Waals surface area contributed by atoms with Gasteiger partial charge in [-0.3, -0.25) is 4.79 Å². The third kappa shape index (κ3) is 4.03. The number of nitrogens with zero attached hydrogens (tertiary/aromatic N) is 3. The Morgan fingerprint density at radius 2 is 1.70 bits per heavy atom. The van der Waals surface area contributed by atoms with Gasteiger partial charge in [0.1, 0.15) is 22.8 Å². The monoisotopic (exact) mass is 405 g/mol. The third-order valence-corrected chi connectivity index (χ3v) is 5.62. The number of methoxy groups -OCH3 is 1. The van der Waals surface area contributed by atoms with E-state index in [0.29, 0.717) is 13.1 Å². The van der Waals surface area contributed by atoms with Gasteiger partial charge in [-0.2, -0.15) is 0 Å². The van der Waals surface area contributed by atoms with Crippen molar-refractivity contribution in [3.8, 4) is 11.5 Å². The van der Waals surface area contributed by atoms with E-state index >= 15 is 0 Å². The Hall–Kier alpha value is -3.28. The van der Waals surface area contributed by atoms with Gasteiger partial charge in [-0.05, 0) is 43.2 Å². The molecule has 1 aromatic heterocycles. The third-order valence-electron chi connectivity index (χ3n) is 5.62. The molecular formula is C24H27N3O3. The quantitative estimate of drug-likeness (QED) is 0.649. The standard InChI is InChI=1S/C24H27N3O3/c1-17-7-4-5-9-20(17)30-16-23(28)27-13-11-26(12-14-27)22-15-18(2)19-8-6-10-21(29-3)24(19)25-22/h4-10,15H,11-14,16H2,1-3H3. The van der Waals surface area contributed by atoms with E-state index < -0.39 is 0 Å². The number of rotatable bonds is 5. The van der Waals surface area contributed by atoms with Crippen LogP contribution in [0.3, 0.4) is 0 Å². The van der Waals surface area contributed by atoms with Crippen LogP contribution >= 0.6 is 0 Å². The number of amides is 1. The van der Waals surface area contributed by atoms with Crippen molar-refractivity contribution in [2.75, 3.05) is 44.8 Å². The highest BCUT2D eigenvalue weighted by Gasteiger charge is 2.23. The van der Waals surface area contributed by atoms with Crippen LogP contribution in [0.2, 0.25) is 0 Å². The van der Waals surface area contributed by atoms with E-state index in [1.807, 2.05) is 48.2 Å². The number of anilines is 1. The van der Waals surface area contributed by atoms with Crippen LogP contribution in [-0.4, -0.2) is 55.7 Å². The fourth-order valence-corrected chi connectivity index (χ4v) is 3.83. The number of piperazine rings is 1. The van der Waals surface area contributed by atoms with Gasteiger partial charge in [0, 0.05) is 31.6 Å². The molecule has 0 aliphatic carbocycles. The molecule has 2 heterocycles. The number of aromatic nitrogens is 1. The van der Waals surface area contributed by atoms with E-state index in [1.165, 1.54) is 5.56 Å². The minimum atomic E-state index is 0.0159. The lowest BCUT2D eigenvalue weighted by atomic mass is 10.1. The van der Waals surface area contributed by atoms with Crippen molar-refractivity contribution < 1.29 is 14.3 Å². The number of benzene rings is 2. The molecule has 2 aromatic carbocycles. The van der Waals surface area contributed by atoms with Crippen LogP contribution in [0.15, 0.2) is 48.5 Å². The van der Waals surface area contributed by atoms with Crippen LogP contribution in [0.5, 0.6) is 11.5 Å². The van der Waals surface area contributed by atoms with Gasteiger partial charge in [-0.15, -0.1) is 0 Å². The number of fused-ring (bicyclic) bond motifs is 1. The predicted molar refractivity (Wildman–Crippen MR) is 118 cm³/mol. The van der Waals surface area contributed by atoms with Crippen molar-refractivity contribution in [3.05, 3.63) is 59.7 Å². The fourth-order valence-electron chi connectivity index (χ4n) is 3.83. The molecule has 0 spiro atoms. The number of carbonyl (C=O) groups is 1. The summed E-state index contributed by atoms with van der Waals surface area (Å²) in [5.74, 6) is 2.48. The van der Waals surface area contributed by atoms with E-state index in [2.05, 4.69) is 24.0 Å². The molecule has 1 aliphatic rings. The Bertz CT molecular complexity index is 1060. The number of carbonyl (C=O) groups excluding carboxylic acids is 1. The summed E-state index contributed by atoms with van der Waals surface area (Å²) in [5.41, 5.74) is 3.07. The van der Waals surface area contributed by atoms with Gasteiger partial charge < -0.3 is 19.3 Å². The first-order chi connectivity index (χ1) is 14.6. The van der Waals surface area contributed by atoms with E-state index in [0.717, 1.165) is 46.9 Å². The molecule has 0 saturated carbocycles. The van der Waals surface area contributed by atoms with Crippen molar-refractivity contribution in [1.29, 1.82) is 0 Å². The van der Waals surface area contributed by atoms with Crippen molar-refractivity contribution in [1.82, 2.24) is 9.88 Å². The molecule has 1 amide bonds. The summed E-state index contributed by atoms with van der Waals surface area (Å²) in [6.07, 6.45) is 0. The Morgan fingerprint density at radius 1 is 0.967 bits per heavy atom. The van der Waals surface area contributed by atoms with E-state index in [4.69, 9.17) is 14.5 Å². The summed E-state index contributed by atoms with van der Waals surface area (Å²) in [7, 11) is 1.67. The molecule has 0 atom stereocenters. The molecule has 30 heavy (non-hydrogen) atoms. The summed E-state index contributed by atoms with van der Waals surface area (Å²) in [4.78, 5) is 21.5. The van der Waals surface area contributed by atoms with Crippen molar-refractivity contribution in [2.45, 2.75) is 13.8 Å². The van der Waals surface area contributed by atoms with Crippen molar-refractivity contribution in [3.63, 3.8) is 0 Å². The zero-order chi connectivity index (χ0) is 21.1. The lowest BCUT2D eigenvalue weighted by Crippen LogP contribution is -2.50. The number of aryl methyl sites for hydroxylation is 2. The molecule has 0 radical (unpaired) electrons. The topological polar surface area (TPSA) is 54.9 Å². The maximum absolute atomic E-state index is 12.6. The number of hydrogen-bond donors (Lipinski definition) is 0. The van der Waals surface area contributed by atoms with Gasteiger partial charge in [0.15, 0.2) is 6.61 Å². The van der Waals surface area contributed by atoms with E-state index in [9.17, 15) is 4.79 Å². The number of ether oxygens (including phenoxy) is 2. The van der Waals surface area contributed by atoms with Gasteiger partial charge in [0.05, 0.1) is 7.11 Å². The highest BCUT2D eigenvalue weighted by Crippen LogP contribution is 2.29. The van der Waals surface area contributed by atoms with Crippen LogP contribution in [-0.2, 0) is 4.79 Å². The van der Waals surface area contributed by atoms with Crippen molar-refractivity contribution in [2.24, 2.45) is 0 Å². The first kappa shape index (κ1) is 20.0. The van der Waals surface area contributed by atoms with Crippen LogP contribution in [0.4, 0.5) is 5.82 Å². The second-order valence-electron chi connectivity index (χ2n) is 7.58. The molecule has 1 aliphatic heterocycles. The average Bonchev–Trinajstić information content (AvgIpc) is 2.78. The summed E-state index contributed by atoms with van der Waals surface area (Å²) >= 11 is 0. The zero-order valence-electron chi connectivity index (χ0n) is 17.7. The minimum absolute atomic E-state index is 0.0159. The molecule has 1 saturated heterocycles. The van der Waals surface area contributed by atoms with Crippen LogP contribution < -0.4 is 14.4 Å².